The first-order valence-corrected chi connectivity index (χ1v) is 3.29. The van der Waals surface area contributed by atoms with Crippen LogP contribution in [0.3, 0.4) is 0 Å². The molecule has 1 heterocycles. The van der Waals surface area contributed by atoms with Gasteiger partial charge in [-0.1, -0.05) is 19.1 Å². The largest absolute Gasteiger partial charge is 0.159 e. The van der Waals surface area contributed by atoms with Gasteiger partial charge in [0.1, 0.15) is 0 Å². The maximum absolute atomic E-state index is 7.32. The van der Waals surface area contributed by atoms with E-state index in [1.807, 2.05) is 12.2 Å². The molecule has 0 N–H and O–H groups in total. The zero-order chi connectivity index (χ0) is 8.10. The van der Waals surface area contributed by atoms with Crippen molar-refractivity contribution in [3.05, 3.63) is 30.1 Å². The van der Waals surface area contributed by atoms with E-state index in [0.29, 0.717) is 0 Å². The Morgan fingerprint density at radius 2 is 2.60 bits per heavy atom. The molecule has 1 aromatic heterocycles. The summed E-state index contributed by atoms with van der Waals surface area (Å²) in [6, 6.07) is 1.78. The first-order chi connectivity index (χ1) is 5.34. The van der Waals surface area contributed by atoms with Crippen LogP contribution in [0.2, 0.25) is 0 Å². The van der Waals surface area contributed by atoms with Crippen LogP contribution in [0, 0.1) is 0 Å². The number of hydrogen-bond acceptors (Lipinski definition) is 2. The normalized spacial score (nSPS) is 11.9. The molecule has 0 aliphatic carbocycles. The first-order valence-electron chi connectivity index (χ1n) is 3.79. The number of nitrogens with zero attached hydrogens (tertiary/aromatic N) is 2. The molecular formula is C8H10N2. The Morgan fingerprint density at radius 1 is 1.70 bits per heavy atom. The summed E-state index contributed by atoms with van der Waals surface area (Å²) in [5.74, 6) is 0. The summed E-state index contributed by atoms with van der Waals surface area (Å²) >= 11 is 0. The number of aromatic nitrogens is 2. The summed E-state index contributed by atoms with van der Waals surface area (Å²) in [6.45, 7) is 2.05. The molecule has 0 fully saturated rings. The molecule has 10 heavy (non-hydrogen) atoms. The van der Waals surface area contributed by atoms with Gasteiger partial charge in [-0.2, -0.15) is 10.2 Å². The average molecular weight is 135 g/mol. The van der Waals surface area contributed by atoms with Crippen molar-refractivity contribution in [2.24, 2.45) is 0 Å². The number of allylic oxidation sites excluding steroid dienone is 1. The summed E-state index contributed by atoms with van der Waals surface area (Å²) in [4.78, 5) is 0. The molecule has 0 atom stereocenters. The van der Waals surface area contributed by atoms with Crippen LogP contribution in [0.25, 0.3) is 6.08 Å². The van der Waals surface area contributed by atoms with E-state index in [1.165, 1.54) is 0 Å². The van der Waals surface area contributed by atoms with Crippen LogP contribution in [-0.2, 0) is 0 Å². The van der Waals surface area contributed by atoms with E-state index in [4.69, 9.17) is 1.37 Å². The highest BCUT2D eigenvalue weighted by atomic mass is 15.1. The molecule has 0 amide bonds. The van der Waals surface area contributed by atoms with E-state index < -0.39 is 0 Å². The Kier molecular flexibility index (Phi) is 2.11. The Morgan fingerprint density at radius 3 is 3.30 bits per heavy atom. The van der Waals surface area contributed by atoms with Gasteiger partial charge in [-0.05, 0) is 18.1 Å². The van der Waals surface area contributed by atoms with Crippen LogP contribution in [-0.4, -0.2) is 10.2 Å². The van der Waals surface area contributed by atoms with E-state index in [0.717, 1.165) is 12.0 Å². The standard InChI is InChI=1S/C8H10N2/c1-2-3-4-8-5-6-9-10-7-8/h3-7H,2H2,1H3/i7D. The van der Waals surface area contributed by atoms with Gasteiger partial charge in [-0.15, -0.1) is 0 Å². The summed E-state index contributed by atoms with van der Waals surface area (Å²) in [7, 11) is 0. The molecule has 2 heteroatoms. The quantitative estimate of drug-likeness (QED) is 0.619. The number of hydrogen-bond donors (Lipinski definition) is 0. The molecule has 0 aliphatic heterocycles. The van der Waals surface area contributed by atoms with Crippen molar-refractivity contribution in [3.8, 4) is 0 Å². The van der Waals surface area contributed by atoms with Crippen molar-refractivity contribution in [1.29, 1.82) is 0 Å². The zero-order valence-corrected chi connectivity index (χ0v) is 5.91. The van der Waals surface area contributed by atoms with Crippen molar-refractivity contribution in [1.82, 2.24) is 10.2 Å². The van der Waals surface area contributed by atoms with Crippen LogP contribution in [0.5, 0.6) is 0 Å². The van der Waals surface area contributed by atoms with E-state index in [2.05, 4.69) is 17.1 Å². The third-order valence-electron chi connectivity index (χ3n) is 1.09. The van der Waals surface area contributed by atoms with Gasteiger partial charge in [0.2, 0.25) is 0 Å². The van der Waals surface area contributed by atoms with E-state index in [-0.39, 0.29) is 6.17 Å². The molecule has 0 radical (unpaired) electrons. The Bertz CT molecular complexity index is 258. The zero-order valence-electron chi connectivity index (χ0n) is 6.91. The molecule has 52 valence electrons. The highest BCUT2D eigenvalue weighted by Crippen LogP contribution is 1.97. The summed E-state index contributed by atoms with van der Waals surface area (Å²) in [5.41, 5.74) is 0.821. The van der Waals surface area contributed by atoms with Crippen molar-refractivity contribution < 1.29 is 1.37 Å². The van der Waals surface area contributed by atoms with E-state index in [1.54, 1.807) is 12.3 Å². The molecule has 0 unspecified atom stereocenters. The van der Waals surface area contributed by atoms with Crippen molar-refractivity contribution >= 4 is 6.08 Å². The second-order valence-electron chi connectivity index (χ2n) is 1.91. The van der Waals surface area contributed by atoms with Crippen LogP contribution in [0.15, 0.2) is 24.5 Å². The first kappa shape index (κ1) is 5.59. The average Bonchev–Trinajstić information content (AvgIpc) is 2.03. The lowest BCUT2D eigenvalue weighted by Crippen LogP contribution is -1.78. The molecule has 0 aliphatic rings. The van der Waals surface area contributed by atoms with Gasteiger partial charge in [-0.3, -0.25) is 0 Å². The van der Waals surface area contributed by atoms with Crippen LogP contribution in [0.1, 0.15) is 20.3 Å². The third-order valence-corrected chi connectivity index (χ3v) is 1.09. The minimum atomic E-state index is 0.234. The van der Waals surface area contributed by atoms with Gasteiger partial charge in [-0.25, -0.2) is 0 Å². The van der Waals surface area contributed by atoms with Gasteiger partial charge in [0.05, 0.1) is 13.7 Å². The molecule has 0 spiro atoms. The lowest BCUT2D eigenvalue weighted by molar-refractivity contribution is 1.03. The molecule has 0 saturated heterocycles. The smallest absolute Gasteiger partial charge is 0.0866 e. The second-order valence-corrected chi connectivity index (χ2v) is 1.91. The lowest BCUT2D eigenvalue weighted by atomic mass is 10.3. The minimum absolute atomic E-state index is 0.234. The molecule has 1 rings (SSSR count). The van der Waals surface area contributed by atoms with Crippen molar-refractivity contribution in [3.63, 3.8) is 0 Å². The summed E-state index contributed by atoms with van der Waals surface area (Å²) < 4.78 is 7.32. The molecule has 0 bridgehead atoms. The van der Waals surface area contributed by atoms with Gasteiger partial charge in [0, 0.05) is 0 Å². The molecule has 1 aromatic rings. The maximum atomic E-state index is 7.32. The van der Waals surface area contributed by atoms with Crippen LogP contribution < -0.4 is 0 Å². The number of rotatable bonds is 2. The van der Waals surface area contributed by atoms with Gasteiger partial charge >= 0.3 is 0 Å². The van der Waals surface area contributed by atoms with Crippen LogP contribution >= 0.6 is 0 Å². The van der Waals surface area contributed by atoms with Crippen molar-refractivity contribution in [2.45, 2.75) is 13.3 Å². The highest BCUT2D eigenvalue weighted by molar-refractivity contribution is 5.46. The van der Waals surface area contributed by atoms with E-state index >= 15 is 0 Å². The van der Waals surface area contributed by atoms with Gasteiger partial charge < -0.3 is 0 Å². The summed E-state index contributed by atoms with van der Waals surface area (Å²) in [5, 5.41) is 7.18. The fourth-order valence-electron chi connectivity index (χ4n) is 0.608. The Balaban J connectivity index is 2.86. The molecule has 0 saturated carbocycles. The topological polar surface area (TPSA) is 25.8 Å². The van der Waals surface area contributed by atoms with Crippen LogP contribution in [0.4, 0.5) is 0 Å². The SMILES string of the molecule is [2H]c1nnccc1C=CCC. The Labute approximate surface area is 62.0 Å². The summed E-state index contributed by atoms with van der Waals surface area (Å²) in [6.07, 6.45) is 6.68. The predicted octanol–water partition coefficient (Wildman–Crippen LogP) is 1.90. The predicted molar refractivity (Wildman–Crippen MR) is 41.4 cm³/mol. The Hall–Kier alpha value is -1.18. The molecular weight excluding hydrogens is 124 g/mol. The lowest BCUT2D eigenvalue weighted by Gasteiger charge is -1.86. The second kappa shape index (κ2) is 3.77. The fourth-order valence-corrected chi connectivity index (χ4v) is 0.608. The fraction of sp³-hybridized carbons (Fsp3) is 0.250. The molecule has 2 nitrogen and oxygen atoms in total. The van der Waals surface area contributed by atoms with Gasteiger partial charge in [0.25, 0.3) is 0 Å². The van der Waals surface area contributed by atoms with E-state index in [9.17, 15) is 0 Å². The van der Waals surface area contributed by atoms with Crippen molar-refractivity contribution in [2.75, 3.05) is 0 Å². The minimum Gasteiger partial charge on any atom is -0.159 e. The maximum Gasteiger partial charge on any atom is 0.0866 e. The third kappa shape index (κ3) is 1.97. The molecule has 0 aromatic carbocycles. The van der Waals surface area contributed by atoms with Gasteiger partial charge in [0.15, 0.2) is 0 Å². The monoisotopic (exact) mass is 135 g/mol. The highest BCUT2D eigenvalue weighted by Gasteiger charge is 1.81.